The van der Waals surface area contributed by atoms with E-state index in [0.717, 1.165) is 34.9 Å². The van der Waals surface area contributed by atoms with Gasteiger partial charge in [-0.3, -0.25) is 10.0 Å². The molecule has 2 aromatic carbocycles. The maximum atomic E-state index is 12.1. The summed E-state index contributed by atoms with van der Waals surface area (Å²) in [4.78, 5) is 11.9. The van der Waals surface area contributed by atoms with E-state index in [9.17, 15) is 13.2 Å². The van der Waals surface area contributed by atoms with Gasteiger partial charge in [-0.1, -0.05) is 60.7 Å². The Balaban J connectivity index is 1.64. The molecule has 6 nitrogen and oxygen atoms in total. The van der Waals surface area contributed by atoms with E-state index in [2.05, 4.69) is 36.4 Å². The minimum Gasteiger partial charge on any atom is -0.396 e. The highest BCUT2D eigenvalue weighted by molar-refractivity contribution is 7.92. The monoisotopic (exact) mass is 443 g/mol. The molecule has 0 saturated heterocycles. The molecular formula is C24H29NO5S. The van der Waals surface area contributed by atoms with Crippen LogP contribution in [-0.2, 0) is 21.1 Å². The van der Waals surface area contributed by atoms with Gasteiger partial charge in [0.05, 0.1) is 0 Å². The molecule has 1 aliphatic rings. The van der Waals surface area contributed by atoms with Gasteiger partial charge in [0, 0.05) is 12.9 Å². The number of sulfone groups is 1. The Morgan fingerprint density at radius 2 is 1.71 bits per heavy atom. The van der Waals surface area contributed by atoms with E-state index in [1.807, 2.05) is 24.3 Å². The molecule has 7 heteroatoms. The number of rotatable bonds is 9. The van der Waals surface area contributed by atoms with Gasteiger partial charge in [-0.15, -0.1) is 0 Å². The highest BCUT2D eigenvalue weighted by Gasteiger charge is 2.43. The molecule has 1 fully saturated rings. The fraction of sp³-hybridized carbons (Fsp3) is 0.375. The third-order valence-electron chi connectivity index (χ3n) is 6.24. The number of aryl methyl sites for hydroxylation is 1. The van der Waals surface area contributed by atoms with Gasteiger partial charge in [0.2, 0.25) is 0 Å². The van der Waals surface area contributed by atoms with Crippen LogP contribution in [0.25, 0.3) is 17.2 Å². The van der Waals surface area contributed by atoms with Crippen molar-refractivity contribution < 1.29 is 23.5 Å². The van der Waals surface area contributed by atoms with Crippen molar-refractivity contribution in [3.8, 4) is 11.1 Å². The van der Waals surface area contributed by atoms with E-state index in [-0.39, 0.29) is 13.0 Å². The maximum Gasteiger partial charge on any atom is 0.264 e. The summed E-state index contributed by atoms with van der Waals surface area (Å²) in [5, 5.41) is 18.0. The van der Waals surface area contributed by atoms with Gasteiger partial charge in [-0.05, 0) is 60.3 Å². The number of hydroxylamine groups is 1. The lowest BCUT2D eigenvalue weighted by Crippen LogP contribution is -2.49. The molecule has 3 atom stereocenters. The molecule has 0 aliphatic heterocycles. The maximum absolute atomic E-state index is 12.1. The average molecular weight is 444 g/mol. The van der Waals surface area contributed by atoms with Gasteiger partial charge in [0.15, 0.2) is 9.84 Å². The molecular weight excluding hydrogens is 414 g/mol. The molecule has 3 rings (SSSR count). The molecule has 166 valence electrons. The Bertz CT molecular complexity index is 1040. The van der Waals surface area contributed by atoms with Gasteiger partial charge >= 0.3 is 0 Å². The van der Waals surface area contributed by atoms with Gasteiger partial charge in [0.25, 0.3) is 5.91 Å². The first-order valence-electron chi connectivity index (χ1n) is 10.3. The molecule has 0 bridgehead atoms. The SMILES string of the molecule is CC(CCc1ccc(-c2ccc(/C=C/[C@@H]3C[C@@H]3CO)cc2)cc1)(C(=O)NO)S(C)(=O)=O. The second kappa shape index (κ2) is 9.34. The number of hydrogen-bond donors (Lipinski definition) is 3. The zero-order valence-electron chi connectivity index (χ0n) is 17.8. The number of hydrogen-bond acceptors (Lipinski definition) is 5. The van der Waals surface area contributed by atoms with Crippen molar-refractivity contribution in [3.05, 3.63) is 65.7 Å². The molecule has 0 spiro atoms. The highest BCUT2D eigenvalue weighted by Crippen LogP contribution is 2.39. The Morgan fingerprint density at radius 1 is 1.13 bits per heavy atom. The molecule has 1 aliphatic carbocycles. The quantitative estimate of drug-likeness (QED) is 0.408. The van der Waals surface area contributed by atoms with Crippen molar-refractivity contribution in [1.29, 1.82) is 0 Å². The highest BCUT2D eigenvalue weighted by atomic mass is 32.2. The first-order valence-corrected chi connectivity index (χ1v) is 12.2. The Morgan fingerprint density at radius 3 is 2.19 bits per heavy atom. The van der Waals surface area contributed by atoms with Crippen molar-refractivity contribution in [2.45, 2.75) is 30.9 Å². The number of carbonyl (C=O) groups excluding carboxylic acids is 1. The van der Waals surface area contributed by atoms with Crippen LogP contribution in [0.4, 0.5) is 0 Å². The minimum atomic E-state index is -3.70. The van der Waals surface area contributed by atoms with Crippen LogP contribution in [0, 0.1) is 11.8 Å². The number of aliphatic hydroxyl groups is 1. The lowest BCUT2D eigenvalue weighted by atomic mass is 9.97. The van der Waals surface area contributed by atoms with Crippen LogP contribution in [-0.4, -0.2) is 42.2 Å². The van der Waals surface area contributed by atoms with Crippen molar-refractivity contribution in [2.75, 3.05) is 12.9 Å². The summed E-state index contributed by atoms with van der Waals surface area (Å²) in [5.41, 5.74) is 5.61. The second-order valence-corrected chi connectivity index (χ2v) is 10.9. The van der Waals surface area contributed by atoms with E-state index in [1.165, 1.54) is 12.4 Å². The third kappa shape index (κ3) is 5.42. The first-order chi connectivity index (χ1) is 14.7. The van der Waals surface area contributed by atoms with Gasteiger partial charge < -0.3 is 5.11 Å². The molecule has 2 aromatic rings. The standard InChI is InChI=1S/C24H29NO5S/c1-24(23(27)25-28,31(2,29)30)14-13-18-5-10-20(11-6-18)19-8-3-17(4-9-19)7-12-21-15-22(21)16-26/h3-12,21-22,26,28H,13-16H2,1-2H3,(H,25,27)/b12-7+/t21-,22-,24?/m1/s1. The lowest BCUT2D eigenvalue weighted by Gasteiger charge is -2.25. The predicted octanol–water partition coefficient (Wildman–Crippen LogP) is 3.24. The summed E-state index contributed by atoms with van der Waals surface area (Å²) in [7, 11) is -3.70. The Kier molecular flexibility index (Phi) is 6.99. The van der Waals surface area contributed by atoms with E-state index < -0.39 is 20.5 Å². The molecule has 0 aromatic heterocycles. The molecule has 1 saturated carbocycles. The zero-order chi connectivity index (χ0) is 22.6. The molecule has 31 heavy (non-hydrogen) atoms. The zero-order valence-corrected chi connectivity index (χ0v) is 18.6. The Labute approximate surface area is 183 Å². The second-order valence-electron chi connectivity index (χ2n) is 8.46. The topological polar surface area (TPSA) is 104 Å². The van der Waals surface area contributed by atoms with Crippen LogP contribution < -0.4 is 5.48 Å². The summed E-state index contributed by atoms with van der Waals surface area (Å²) in [6.45, 7) is 1.58. The van der Waals surface area contributed by atoms with Crippen molar-refractivity contribution in [3.63, 3.8) is 0 Å². The summed E-state index contributed by atoms with van der Waals surface area (Å²) in [5.74, 6) is -0.0121. The van der Waals surface area contributed by atoms with Crippen LogP contribution >= 0.6 is 0 Å². The van der Waals surface area contributed by atoms with Gasteiger partial charge in [-0.25, -0.2) is 13.9 Å². The number of allylic oxidation sites excluding steroid dienone is 1. The molecule has 0 heterocycles. The van der Waals surface area contributed by atoms with Crippen molar-refractivity contribution >= 4 is 21.8 Å². The van der Waals surface area contributed by atoms with Crippen LogP contribution in [0.15, 0.2) is 54.6 Å². The first kappa shape index (κ1) is 23.2. The summed E-state index contributed by atoms with van der Waals surface area (Å²) in [6.07, 6.45) is 6.76. The fourth-order valence-corrected chi connectivity index (χ4v) is 4.43. The summed E-state index contributed by atoms with van der Waals surface area (Å²) >= 11 is 0. The molecule has 3 N–H and O–H groups in total. The average Bonchev–Trinajstić information content (AvgIpc) is 3.54. The normalized spacial score (nSPS) is 20.4. The lowest BCUT2D eigenvalue weighted by molar-refractivity contribution is -0.131. The third-order valence-corrected chi connectivity index (χ3v) is 8.26. The Hall–Kier alpha value is -2.48. The molecule has 1 amide bonds. The van der Waals surface area contributed by atoms with Crippen LogP contribution in [0.3, 0.4) is 0 Å². The van der Waals surface area contributed by atoms with E-state index >= 15 is 0 Å². The summed E-state index contributed by atoms with van der Waals surface area (Å²) < 4.78 is 22.5. The minimum absolute atomic E-state index is 0.0662. The van der Waals surface area contributed by atoms with E-state index in [0.29, 0.717) is 18.3 Å². The van der Waals surface area contributed by atoms with E-state index in [1.54, 1.807) is 0 Å². The van der Waals surface area contributed by atoms with E-state index in [4.69, 9.17) is 10.3 Å². The van der Waals surface area contributed by atoms with Crippen LogP contribution in [0.2, 0.25) is 0 Å². The number of aliphatic hydroxyl groups excluding tert-OH is 1. The molecule has 1 unspecified atom stereocenters. The van der Waals surface area contributed by atoms with Gasteiger partial charge in [0.1, 0.15) is 4.75 Å². The van der Waals surface area contributed by atoms with Crippen LogP contribution in [0.5, 0.6) is 0 Å². The molecule has 0 radical (unpaired) electrons. The number of carbonyl (C=O) groups is 1. The smallest absolute Gasteiger partial charge is 0.264 e. The largest absolute Gasteiger partial charge is 0.396 e. The fourth-order valence-electron chi connectivity index (χ4n) is 3.57. The number of benzene rings is 2. The van der Waals surface area contributed by atoms with Crippen molar-refractivity contribution in [1.82, 2.24) is 5.48 Å². The predicted molar refractivity (Wildman–Crippen MR) is 121 cm³/mol. The summed E-state index contributed by atoms with van der Waals surface area (Å²) in [6, 6.07) is 16.0. The van der Waals surface area contributed by atoms with Gasteiger partial charge in [-0.2, -0.15) is 0 Å². The van der Waals surface area contributed by atoms with Crippen molar-refractivity contribution in [2.24, 2.45) is 11.8 Å². The number of nitrogens with one attached hydrogen (secondary N) is 1. The van der Waals surface area contributed by atoms with Crippen LogP contribution in [0.1, 0.15) is 30.9 Å². The number of amides is 1.